The molecule has 0 rings (SSSR count). The van der Waals surface area contributed by atoms with E-state index in [0.717, 1.165) is 6.42 Å². The second-order valence-electron chi connectivity index (χ2n) is 4.71. The first-order valence-electron chi connectivity index (χ1n) is 6.15. The minimum Gasteiger partial charge on any atom is -0.480 e. The molecular weight excluding hydrogens is 256 g/mol. The lowest BCUT2D eigenvalue weighted by atomic mass is 10.1. The van der Waals surface area contributed by atoms with E-state index in [-0.39, 0.29) is 18.3 Å². The molecule has 0 aliphatic rings. The van der Waals surface area contributed by atoms with Crippen LogP contribution in [0.5, 0.6) is 0 Å². The molecule has 2 atom stereocenters. The molecule has 0 aromatic heterocycles. The monoisotopic (exact) mass is 280 g/mol. The zero-order valence-electron chi connectivity index (χ0n) is 11.5. The van der Waals surface area contributed by atoms with Crippen LogP contribution in [0.25, 0.3) is 0 Å². The van der Waals surface area contributed by atoms with Gasteiger partial charge in [-0.15, -0.1) is 12.4 Å². The molecule has 0 fully saturated rings. The van der Waals surface area contributed by atoms with Crippen molar-refractivity contribution in [1.29, 1.82) is 0 Å². The molecule has 0 aromatic rings. The first-order valence-corrected chi connectivity index (χ1v) is 6.15. The summed E-state index contributed by atoms with van der Waals surface area (Å²) in [6.07, 6.45) is 1.29. The normalized spacial score (nSPS) is 13.6. The van der Waals surface area contributed by atoms with Gasteiger partial charge in [0.1, 0.15) is 6.04 Å². The Balaban J connectivity index is 0. The molecule has 5 nitrogen and oxygen atoms in total. The zero-order valence-corrected chi connectivity index (χ0v) is 12.3. The Morgan fingerprint density at radius 3 is 2.17 bits per heavy atom. The molecule has 18 heavy (non-hydrogen) atoms. The van der Waals surface area contributed by atoms with Crippen LogP contribution in [0, 0.1) is 5.92 Å². The van der Waals surface area contributed by atoms with Gasteiger partial charge in [-0.1, -0.05) is 27.2 Å². The highest BCUT2D eigenvalue weighted by Crippen LogP contribution is 1.99. The number of hydrogen-bond donors (Lipinski definition) is 3. The average molecular weight is 281 g/mol. The second-order valence-corrected chi connectivity index (χ2v) is 4.71. The van der Waals surface area contributed by atoms with E-state index in [9.17, 15) is 9.59 Å². The highest BCUT2D eigenvalue weighted by atomic mass is 35.5. The van der Waals surface area contributed by atoms with Gasteiger partial charge in [-0.25, -0.2) is 0 Å². The van der Waals surface area contributed by atoms with Crippen LogP contribution in [0.2, 0.25) is 0 Å². The van der Waals surface area contributed by atoms with Crippen molar-refractivity contribution in [3.05, 3.63) is 0 Å². The third-order valence-electron chi connectivity index (χ3n) is 2.40. The lowest BCUT2D eigenvalue weighted by Gasteiger charge is -2.19. The summed E-state index contributed by atoms with van der Waals surface area (Å²) < 4.78 is 0. The van der Waals surface area contributed by atoms with E-state index in [4.69, 9.17) is 5.11 Å². The van der Waals surface area contributed by atoms with Gasteiger partial charge in [-0.05, 0) is 19.3 Å². The van der Waals surface area contributed by atoms with Crippen molar-refractivity contribution in [3.8, 4) is 0 Å². The molecule has 0 bridgehead atoms. The summed E-state index contributed by atoms with van der Waals surface area (Å²) in [5.41, 5.74) is 0. The fourth-order valence-corrected chi connectivity index (χ4v) is 1.40. The Labute approximate surface area is 115 Å². The van der Waals surface area contributed by atoms with Gasteiger partial charge in [-0.2, -0.15) is 0 Å². The summed E-state index contributed by atoms with van der Waals surface area (Å²) in [5, 5.41) is 14.6. The van der Waals surface area contributed by atoms with Crippen molar-refractivity contribution in [2.24, 2.45) is 5.92 Å². The zero-order chi connectivity index (χ0) is 13.4. The summed E-state index contributed by atoms with van der Waals surface area (Å²) >= 11 is 0. The van der Waals surface area contributed by atoms with E-state index in [1.165, 1.54) is 0 Å². The number of amides is 1. The van der Waals surface area contributed by atoms with E-state index < -0.39 is 18.1 Å². The van der Waals surface area contributed by atoms with Gasteiger partial charge in [-0.3, -0.25) is 14.9 Å². The minimum absolute atomic E-state index is 0. The predicted molar refractivity (Wildman–Crippen MR) is 74.0 cm³/mol. The molecule has 6 heteroatoms. The van der Waals surface area contributed by atoms with Gasteiger partial charge < -0.3 is 10.4 Å². The molecule has 0 aliphatic carbocycles. The molecule has 0 aliphatic heterocycles. The number of nitrogens with one attached hydrogen (secondary N) is 2. The van der Waals surface area contributed by atoms with Crippen molar-refractivity contribution in [2.75, 3.05) is 6.54 Å². The van der Waals surface area contributed by atoms with Crippen molar-refractivity contribution >= 4 is 24.3 Å². The Morgan fingerprint density at radius 1 is 1.22 bits per heavy atom. The Morgan fingerprint density at radius 2 is 1.78 bits per heavy atom. The number of carbonyl (C=O) groups excluding carboxylic acids is 1. The molecule has 0 aromatic carbocycles. The van der Waals surface area contributed by atoms with E-state index >= 15 is 0 Å². The highest BCUT2D eigenvalue weighted by molar-refractivity contribution is 5.85. The highest BCUT2D eigenvalue weighted by Gasteiger charge is 2.21. The van der Waals surface area contributed by atoms with E-state index in [1.807, 2.05) is 20.8 Å². The molecule has 108 valence electrons. The average Bonchev–Trinajstić information content (AvgIpc) is 2.24. The number of carboxylic acids is 1. The van der Waals surface area contributed by atoms with Crippen molar-refractivity contribution in [1.82, 2.24) is 10.6 Å². The summed E-state index contributed by atoms with van der Waals surface area (Å²) in [6.45, 7) is 8.23. The van der Waals surface area contributed by atoms with Crippen LogP contribution in [-0.4, -0.2) is 35.6 Å². The lowest BCUT2D eigenvalue weighted by molar-refractivity contribution is -0.140. The van der Waals surface area contributed by atoms with Crippen molar-refractivity contribution in [3.63, 3.8) is 0 Å². The van der Waals surface area contributed by atoms with Crippen molar-refractivity contribution < 1.29 is 14.7 Å². The molecule has 1 amide bonds. The SMILES string of the molecule is CCCC(NC(C)C(=O)NCC(C)C)C(=O)O.Cl. The molecule has 0 heterocycles. The topological polar surface area (TPSA) is 78.4 Å². The summed E-state index contributed by atoms with van der Waals surface area (Å²) in [6, 6.07) is -1.14. The molecule has 2 unspecified atom stereocenters. The Bertz CT molecular complexity index is 260. The number of aliphatic carboxylic acids is 1. The number of rotatable bonds is 8. The second kappa shape index (κ2) is 10.1. The smallest absolute Gasteiger partial charge is 0.320 e. The van der Waals surface area contributed by atoms with Crippen LogP contribution in [-0.2, 0) is 9.59 Å². The maximum Gasteiger partial charge on any atom is 0.320 e. The first-order chi connectivity index (χ1) is 7.88. The predicted octanol–water partition coefficient (Wildman–Crippen LogP) is 1.41. The Kier molecular flexibility index (Phi) is 11.0. The standard InChI is InChI=1S/C12H24N2O3.ClH/c1-5-6-10(12(16)17)14-9(4)11(15)13-7-8(2)3;/h8-10,14H,5-7H2,1-4H3,(H,13,15)(H,16,17);1H. The van der Waals surface area contributed by atoms with Crippen LogP contribution in [0.15, 0.2) is 0 Å². The van der Waals surface area contributed by atoms with Gasteiger partial charge in [0.25, 0.3) is 0 Å². The largest absolute Gasteiger partial charge is 0.480 e. The fourth-order valence-electron chi connectivity index (χ4n) is 1.40. The van der Waals surface area contributed by atoms with Crippen LogP contribution in [0.3, 0.4) is 0 Å². The molecule has 0 radical (unpaired) electrons. The molecule has 0 spiro atoms. The van der Waals surface area contributed by atoms with Gasteiger partial charge in [0, 0.05) is 6.54 Å². The van der Waals surface area contributed by atoms with E-state index in [2.05, 4.69) is 10.6 Å². The maximum absolute atomic E-state index is 11.6. The van der Waals surface area contributed by atoms with E-state index in [0.29, 0.717) is 18.9 Å². The third kappa shape index (κ3) is 8.31. The van der Waals surface area contributed by atoms with Crippen LogP contribution in [0.1, 0.15) is 40.5 Å². The van der Waals surface area contributed by atoms with Crippen molar-refractivity contribution in [2.45, 2.75) is 52.6 Å². The summed E-state index contributed by atoms with van der Waals surface area (Å²) in [7, 11) is 0. The fraction of sp³-hybridized carbons (Fsp3) is 0.833. The van der Waals surface area contributed by atoms with Gasteiger partial charge in [0.05, 0.1) is 6.04 Å². The molecule has 3 N–H and O–H groups in total. The number of carbonyl (C=O) groups is 2. The molecule has 0 saturated heterocycles. The maximum atomic E-state index is 11.6. The molecule has 0 saturated carbocycles. The summed E-state index contributed by atoms with van der Waals surface area (Å²) in [5.74, 6) is -0.673. The van der Waals surface area contributed by atoms with Gasteiger partial charge in [0.15, 0.2) is 0 Å². The Hall–Kier alpha value is -0.810. The van der Waals surface area contributed by atoms with Crippen LogP contribution < -0.4 is 10.6 Å². The third-order valence-corrected chi connectivity index (χ3v) is 2.40. The van der Waals surface area contributed by atoms with Crippen LogP contribution in [0.4, 0.5) is 0 Å². The van der Waals surface area contributed by atoms with E-state index in [1.54, 1.807) is 6.92 Å². The first kappa shape index (κ1) is 19.5. The minimum atomic E-state index is -0.907. The van der Waals surface area contributed by atoms with Gasteiger partial charge in [0.2, 0.25) is 5.91 Å². The quantitative estimate of drug-likeness (QED) is 0.628. The lowest BCUT2D eigenvalue weighted by Crippen LogP contribution is -2.49. The van der Waals surface area contributed by atoms with Gasteiger partial charge >= 0.3 is 5.97 Å². The number of hydrogen-bond acceptors (Lipinski definition) is 3. The van der Waals surface area contributed by atoms with Crippen LogP contribution >= 0.6 is 12.4 Å². The summed E-state index contributed by atoms with van der Waals surface area (Å²) in [4.78, 5) is 22.6. The number of carboxylic acid groups (broad SMARTS) is 1. The number of halogens is 1. The molecular formula is C12H25ClN2O3.